The maximum Gasteiger partial charge on any atom is 1.00 e. The van der Waals surface area contributed by atoms with Gasteiger partial charge in [-0.15, -0.1) is 0 Å². The first-order chi connectivity index (χ1) is 3.35. The largest absolute Gasteiger partial charge is 1.00 e. The summed E-state index contributed by atoms with van der Waals surface area (Å²) in [4.78, 5) is 0. The second kappa shape index (κ2) is 8.70. The Morgan fingerprint density at radius 1 is 0.875 bits per heavy atom. The first-order valence-electron chi connectivity index (χ1n) is 3.35. The minimum atomic E-state index is 0. The average Bonchev–Trinajstić information content (AvgIpc) is 1.72. The van der Waals surface area contributed by atoms with Gasteiger partial charge in [0.1, 0.15) is 6.71 Å². The molecular formula is C6H15BK+. The van der Waals surface area contributed by atoms with Crippen molar-refractivity contribution in [2.45, 2.75) is 39.7 Å². The minimum absolute atomic E-state index is 0. The maximum absolute atomic E-state index is 2.26. The molecule has 0 atom stereocenters. The SMILES string of the molecule is CCB(CC)CC.[K+]. The third kappa shape index (κ3) is 5.83. The van der Waals surface area contributed by atoms with Crippen LogP contribution >= 0.6 is 0 Å². The summed E-state index contributed by atoms with van der Waals surface area (Å²) in [5, 5.41) is 0. The summed E-state index contributed by atoms with van der Waals surface area (Å²) in [6.45, 7) is 7.77. The van der Waals surface area contributed by atoms with E-state index in [4.69, 9.17) is 0 Å². The van der Waals surface area contributed by atoms with Crippen LogP contribution in [0.3, 0.4) is 0 Å². The molecule has 0 aromatic heterocycles. The molecule has 8 heavy (non-hydrogen) atoms. The average molecular weight is 137 g/mol. The molecule has 0 saturated heterocycles. The molecule has 0 N–H and O–H groups in total. The van der Waals surface area contributed by atoms with Crippen molar-refractivity contribution in [3.05, 3.63) is 0 Å². The summed E-state index contributed by atoms with van der Waals surface area (Å²) in [5.41, 5.74) is 0. The van der Waals surface area contributed by atoms with Crippen LogP contribution in [0.2, 0.25) is 19.0 Å². The normalized spacial score (nSPS) is 7.88. The third-order valence-corrected chi connectivity index (χ3v) is 1.73. The second-order valence-electron chi connectivity index (χ2n) is 2.09. The topological polar surface area (TPSA) is 0 Å². The predicted molar refractivity (Wildman–Crippen MR) is 37.2 cm³/mol. The van der Waals surface area contributed by atoms with Gasteiger partial charge < -0.3 is 0 Å². The Morgan fingerprint density at radius 2 is 1.12 bits per heavy atom. The molecule has 0 unspecified atom stereocenters. The van der Waals surface area contributed by atoms with Gasteiger partial charge >= 0.3 is 51.4 Å². The number of rotatable bonds is 3. The monoisotopic (exact) mass is 137 g/mol. The zero-order chi connectivity index (χ0) is 5.70. The van der Waals surface area contributed by atoms with Crippen LogP contribution in [0.1, 0.15) is 20.8 Å². The van der Waals surface area contributed by atoms with Crippen LogP contribution in [0, 0.1) is 0 Å². The molecule has 0 spiro atoms. The molecule has 0 aliphatic carbocycles. The zero-order valence-corrected chi connectivity index (χ0v) is 9.82. The van der Waals surface area contributed by atoms with Gasteiger partial charge in [-0.3, -0.25) is 0 Å². The van der Waals surface area contributed by atoms with E-state index < -0.39 is 0 Å². The van der Waals surface area contributed by atoms with Gasteiger partial charge in [0.25, 0.3) is 0 Å². The molecule has 0 heterocycles. The fourth-order valence-electron chi connectivity index (χ4n) is 0.866. The molecule has 0 amide bonds. The molecule has 0 rings (SSSR count). The number of hydrogen-bond acceptors (Lipinski definition) is 0. The van der Waals surface area contributed by atoms with Crippen molar-refractivity contribution in [3.8, 4) is 0 Å². The molecule has 2 heteroatoms. The Bertz CT molecular complexity index is 30.0. The standard InChI is InChI=1S/C6H15B.K/c1-4-7(5-2)6-3;/h4-6H2,1-3H3;/q;+1. The summed E-state index contributed by atoms with van der Waals surface area (Å²) >= 11 is 0. The molecule has 0 aliphatic rings. The molecule has 0 nitrogen and oxygen atoms in total. The molecule has 0 aliphatic heterocycles. The summed E-state index contributed by atoms with van der Waals surface area (Å²) < 4.78 is 0. The first kappa shape index (κ1) is 12.4. The van der Waals surface area contributed by atoms with Gasteiger partial charge in [0.2, 0.25) is 0 Å². The summed E-state index contributed by atoms with van der Waals surface area (Å²) in [5.74, 6) is 0. The van der Waals surface area contributed by atoms with Crippen LogP contribution < -0.4 is 51.4 Å². The van der Waals surface area contributed by atoms with E-state index >= 15 is 0 Å². The fourth-order valence-corrected chi connectivity index (χ4v) is 0.866. The smallest absolute Gasteiger partial charge is 0.0770 e. The van der Waals surface area contributed by atoms with E-state index in [1.54, 1.807) is 0 Å². The first-order valence-corrected chi connectivity index (χ1v) is 3.35. The van der Waals surface area contributed by atoms with Gasteiger partial charge in [-0.1, -0.05) is 39.7 Å². The van der Waals surface area contributed by atoms with Gasteiger partial charge in [0.15, 0.2) is 0 Å². The molecule has 0 aromatic carbocycles. The van der Waals surface area contributed by atoms with E-state index in [-0.39, 0.29) is 51.4 Å². The molecule has 0 radical (unpaired) electrons. The van der Waals surface area contributed by atoms with E-state index in [0.717, 1.165) is 6.71 Å². The van der Waals surface area contributed by atoms with Gasteiger partial charge in [-0.2, -0.15) is 0 Å². The molecule has 42 valence electrons. The van der Waals surface area contributed by atoms with Crippen LogP contribution in [-0.4, -0.2) is 6.71 Å². The minimum Gasteiger partial charge on any atom is -0.0770 e. The Kier molecular flexibility index (Phi) is 13.5. The van der Waals surface area contributed by atoms with Crippen LogP contribution in [0.15, 0.2) is 0 Å². The fraction of sp³-hybridized carbons (Fsp3) is 1.00. The van der Waals surface area contributed by atoms with Crippen LogP contribution in [0.5, 0.6) is 0 Å². The van der Waals surface area contributed by atoms with Crippen LogP contribution in [0.4, 0.5) is 0 Å². The molecule has 0 aromatic rings. The van der Waals surface area contributed by atoms with Gasteiger partial charge in [0.05, 0.1) is 0 Å². The summed E-state index contributed by atoms with van der Waals surface area (Å²) in [7, 11) is 0. The van der Waals surface area contributed by atoms with Crippen molar-refractivity contribution in [1.82, 2.24) is 0 Å². The Labute approximate surface area is 96.3 Å². The molecular weight excluding hydrogens is 122 g/mol. The zero-order valence-electron chi connectivity index (χ0n) is 6.70. The molecule has 0 fully saturated rings. The van der Waals surface area contributed by atoms with Gasteiger partial charge in [-0.25, -0.2) is 0 Å². The predicted octanol–water partition coefficient (Wildman–Crippen LogP) is -0.455. The van der Waals surface area contributed by atoms with Gasteiger partial charge in [0, 0.05) is 0 Å². The van der Waals surface area contributed by atoms with Crippen molar-refractivity contribution in [3.63, 3.8) is 0 Å². The van der Waals surface area contributed by atoms with E-state index in [9.17, 15) is 0 Å². The third-order valence-electron chi connectivity index (χ3n) is 1.73. The number of hydrogen-bond donors (Lipinski definition) is 0. The summed E-state index contributed by atoms with van der Waals surface area (Å²) in [6.07, 6.45) is 4.06. The van der Waals surface area contributed by atoms with Crippen molar-refractivity contribution in [1.29, 1.82) is 0 Å². The van der Waals surface area contributed by atoms with Crippen molar-refractivity contribution in [2.24, 2.45) is 0 Å². The van der Waals surface area contributed by atoms with Crippen molar-refractivity contribution < 1.29 is 51.4 Å². The summed E-state index contributed by atoms with van der Waals surface area (Å²) in [6, 6.07) is 0. The second-order valence-corrected chi connectivity index (χ2v) is 2.09. The quantitative estimate of drug-likeness (QED) is 0.462. The van der Waals surface area contributed by atoms with Crippen molar-refractivity contribution >= 4 is 6.71 Å². The van der Waals surface area contributed by atoms with Crippen LogP contribution in [0.25, 0.3) is 0 Å². The van der Waals surface area contributed by atoms with E-state index in [1.807, 2.05) is 0 Å². The Balaban J connectivity index is 0. The molecule has 0 saturated carbocycles. The maximum atomic E-state index is 2.26. The Hall–Kier alpha value is 1.70. The molecule has 0 bridgehead atoms. The Morgan fingerprint density at radius 3 is 1.12 bits per heavy atom. The van der Waals surface area contributed by atoms with Gasteiger partial charge in [-0.05, 0) is 0 Å². The van der Waals surface area contributed by atoms with E-state index in [0.29, 0.717) is 0 Å². The van der Waals surface area contributed by atoms with Crippen molar-refractivity contribution in [2.75, 3.05) is 0 Å². The van der Waals surface area contributed by atoms with Crippen LogP contribution in [-0.2, 0) is 0 Å². The van der Waals surface area contributed by atoms with E-state index in [2.05, 4.69) is 20.8 Å². The van der Waals surface area contributed by atoms with E-state index in [1.165, 1.54) is 19.0 Å².